The Balaban J connectivity index is 1.49. The zero-order valence-corrected chi connectivity index (χ0v) is 14.4. The highest BCUT2D eigenvalue weighted by atomic mass is 16.5. The van der Waals surface area contributed by atoms with Crippen molar-refractivity contribution in [1.29, 1.82) is 0 Å². The molecule has 0 aliphatic carbocycles. The van der Waals surface area contributed by atoms with Crippen molar-refractivity contribution < 1.29 is 9.53 Å². The molecule has 26 heavy (non-hydrogen) atoms. The topological polar surface area (TPSA) is 63.2 Å². The van der Waals surface area contributed by atoms with Crippen molar-refractivity contribution in [2.24, 2.45) is 0 Å². The number of nitrogens with one attached hydrogen (secondary N) is 2. The quantitative estimate of drug-likeness (QED) is 0.681. The lowest BCUT2D eigenvalue weighted by molar-refractivity contribution is 0.240. The molecule has 0 saturated carbocycles. The fraction of sp³-hybridized carbons (Fsp3) is 0.143. The van der Waals surface area contributed by atoms with Gasteiger partial charge in [-0.2, -0.15) is 0 Å². The number of amides is 2. The Kier molecular flexibility index (Phi) is 6.20. The van der Waals surface area contributed by atoms with E-state index < -0.39 is 0 Å². The van der Waals surface area contributed by atoms with E-state index in [1.54, 1.807) is 12.4 Å². The minimum absolute atomic E-state index is 0.205. The van der Waals surface area contributed by atoms with Crippen LogP contribution in [0.2, 0.25) is 0 Å². The molecule has 132 valence electrons. The van der Waals surface area contributed by atoms with Crippen LogP contribution < -0.4 is 15.4 Å². The number of para-hydroxylation sites is 2. The Morgan fingerprint density at radius 1 is 0.923 bits per heavy atom. The molecule has 2 amide bonds. The van der Waals surface area contributed by atoms with E-state index >= 15 is 0 Å². The van der Waals surface area contributed by atoms with Crippen molar-refractivity contribution >= 4 is 6.03 Å². The molecule has 2 aromatic carbocycles. The summed E-state index contributed by atoms with van der Waals surface area (Å²) in [4.78, 5) is 16.1. The van der Waals surface area contributed by atoms with E-state index in [1.807, 2.05) is 66.7 Å². The molecule has 0 spiro atoms. The first kappa shape index (κ1) is 17.5. The van der Waals surface area contributed by atoms with Crippen molar-refractivity contribution in [1.82, 2.24) is 15.6 Å². The first-order valence-electron chi connectivity index (χ1n) is 8.53. The third kappa shape index (κ3) is 5.34. The molecule has 0 atom stereocenters. The number of hydrogen-bond acceptors (Lipinski definition) is 3. The summed E-state index contributed by atoms with van der Waals surface area (Å²) in [6.07, 6.45) is 4.28. The van der Waals surface area contributed by atoms with Crippen molar-refractivity contribution in [3.8, 4) is 11.5 Å². The van der Waals surface area contributed by atoms with Crippen molar-refractivity contribution in [2.75, 3.05) is 6.54 Å². The lowest BCUT2D eigenvalue weighted by Gasteiger charge is -2.12. The van der Waals surface area contributed by atoms with Crippen LogP contribution >= 0.6 is 0 Å². The average molecular weight is 347 g/mol. The van der Waals surface area contributed by atoms with Crippen molar-refractivity contribution in [2.45, 2.75) is 13.0 Å². The average Bonchev–Trinajstić information content (AvgIpc) is 2.69. The van der Waals surface area contributed by atoms with Crippen LogP contribution in [0.3, 0.4) is 0 Å². The predicted molar refractivity (Wildman–Crippen MR) is 101 cm³/mol. The summed E-state index contributed by atoms with van der Waals surface area (Å²) in [7, 11) is 0. The van der Waals surface area contributed by atoms with Crippen LogP contribution in [0, 0.1) is 0 Å². The second-order valence-corrected chi connectivity index (χ2v) is 5.74. The van der Waals surface area contributed by atoms with Gasteiger partial charge >= 0.3 is 6.03 Å². The van der Waals surface area contributed by atoms with E-state index in [2.05, 4.69) is 15.6 Å². The lowest BCUT2D eigenvalue weighted by Crippen LogP contribution is -2.36. The van der Waals surface area contributed by atoms with Crippen LogP contribution in [-0.4, -0.2) is 17.6 Å². The Labute approximate surface area is 153 Å². The van der Waals surface area contributed by atoms with Gasteiger partial charge in [0.15, 0.2) is 0 Å². The molecule has 1 aromatic heterocycles. The summed E-state index contributed by atoms with van der Waals surface area (Å²) in [5.41, 5.74) is 2.01. The summed E-state index contributed by atoms with van der Waals surface area (Å²) < 4.78 is 5.90. The molecule has 3 rings (SSSR count). The predicted octanol–water partition coefficient (Wildman–Crippen LogP) is 3.92. The first-order chi connectivity index (χ1) is 12.8. The monoisotopic (exact) mass is 347 g/mol. The van der Waals surface area contributed by atoms with Crippen LogP contribution in [0.15, 0.2) is 79.1 Å². The van der Waals surface area contributed by atoms with Crippen molar-refractivity contribution in [3.63, 3.8) is 0 Å². The molecule has 2 N–H and O–H groups in total. The van der Waals surface area contributed by atoms with Gasteiger partial charge in [0.05, 0.1) is 0 Å². The SMILES string of the molecule is O=C(NCCc1cccnc1)NCc1ccccc1Oc1ccccc1. The zero-order valence-electron chi connectivity index (χ0n) is 14.4. The molecule has 0 aliphatic rings. The van der Waals surface area contributed by atoms with E-state index in [1.165, 1.54) is 0 Å². The van der Waals surface area contributed by atoms with Gasteiger partial charge in [-0.1, -0.05) is 42.5 Å². The normalized spacial score (nSPS) is 10.2. The number of carbonyl (C=O) groups excluding carboxylic acids is 1. The molecule has 3 aromatic rings. The Morgan fingerprint density at radius 3 is 2.54 bits per heavy atom. The molecular weight excluding hydrogens is 326 g/mol. The van der Waals surface area contributed by atoms with Gasteiger partial charge in [-0.15, -0.1) is 0 Å². The number of nitrogens with zero attached hydrogens (tertiary/aromatic N) is 1. The number of benzene rings is 2. The number of ether oxygens (including phenoxy) is 1. The fourth-order valence-electron chi connectivity index (χ4n) is 2.47. The van der Waals surface area contributed by atoms with Crippen molar-refractivity contribution in [3.05, 3.63) is 90.3 Å². The minimum Gasteiger partial charge on any atom is -0.457 e. The Bertz CT molecular complexity index is 823. The van der Waals surface area contributed by atoms with Gasteiger partial charge in [-0.3, -0.25) is 4.98 Å². The maximum atomic E-state index is 12.0. The minimum atomic E-state index is -0.205. The van der Waals surface area contributed by atoms with Gasteiger partial charge in [-0.25, -0.2) is 4.79 Å². The molecule has 0 aliphatic heterocycles. The van der Waals surface area contributed by atoms with Gasteiger partial charge in [0.1, 0.15) is 11.5 Å². The van der Waals surface area contributed by atoms with Gasteiger partial charge < -0.3 is 15.4 Å². The van der Waals surface area contributed by atoms with Crippen LogP contribution in [0.4, 0.5) is 4.79 Å². The standard InChI is InChI=1S/C21H21N3O2/c25-21(23-14-12-17-7-6-13-22-15-17)24-16-18-8-4-5-11-20(18)26-19-9-2-1-3-10-19/h1-11,13,15H,12,14,16H2,(H2,23,24,25). The molecule has 0 saturated heterocycles. The van der Waals surface area contributed by atoms with E-state index in [9.17, 15) is 4.79 Å². The number of rotatable bonds is 7. The van der Waals surface area contributed by atoms with Gasteiger partial charge in [0, 0.05) is 31.0 Å². The highest BCUT2D eigenvalue weighted by Gasteiger charge is 2.06. The van der Waals surface area contributed by atoms with Crippen LogP contribution in [0.1, 0.15) is 11.1 Å². The molecule has 5 heteroatoms. The van der Waals surface area contributed by atoms with Crippen LogP contribution in [0.25, 0.3) is 0 Å². The molecule has 5 nitrogen and oxygen atoms in total. The maximum absolute atomic E-state index is 12.0. The molecule has 0 fully saturated rings. The largest absolute Gasteiger partial charge is 0.457 e. The van der Waals surface area contributed by atoms with E-state index in [0.717, 1.165) is 29.0 Å². The second kappa shape index (κ2) is 9.22. The Hall–Kier alpha value is -3.34. The summed E-state index contributed by atoms with van der Waals surface area (Å²) >= 11 is 0. The number of hydrogen-bond donors (Lipinski definition) is 2. The van der Waals surface area contributed by atoms with Crippen LogP contribution in [-0.2, 0) is 13.0 Å². The molecule has 0 bridgehead atoms. The smallest absolute Gasteiger partial charge is 0.315 e. The lowest BCUT2D eigenvalue weighted by atomic mass is 10.2. The first-order valence-corrected chi connectivity index (χ1v) is 8.53. The van der Waals surface area contributed by atoms with Crippen LogP contribution in [0.5, 0.6) is 11.5 Å². The number of carbonyl (C=O) groups is 1. The second-order valence-electron chi connectivity index (χ2n) is 5.74. The molecular formula is C21H21N3O2. The zero-order chi connectivity index (χ0) is 18.0. The fourth-order valence-corrected chi connectivity index (χ4v) is 2.47. The highest BCUT2D eigenvalue weighted by Crippen LogP contribution is 2.24. The summed E-state index contributed by atoms with van der Waals surface area (Å²) in [5.74, 6) is 1.50. The maximum Gasteiger partial charge on any atom is 0.315 e. The van der Waals surface area contributed by atoms with E-state index in [0.29, 0.717) is 13.1 Å². The van der Waals surface area contributed by atoms with E-state index in [4.69, 9.17) is 4.74 Å². The summed E-state index contributed by atoms with van der Waals surface area (Å²) in [6.45, 7) is 0.946. The van der Waals surface area contributed by atoms with Gasteiger partial charge in [0.25, 0.3) is 0 Å². The number of pyridine rings is 1. The molecule has 1 heterocycles. The summed E-state index contributed by atoms with van der Waals surface area (Å²) in [6, 6.07) is 20.9. The molecule has 0 unspecified atom stereocenters. The Morgan fingerprint density at radius 2 is 1.73 bits per heavy atom. The third-order valence-electron chi connectivity index (χ3n) is 3.81. The third-order valence-corrected chi connectivity index (χ3v) is 3.81. The summed E-state index contributed by atoms with van der Waals surface area (Å²) in [5, 5.41) is 5.72. The number of aromatic nitrogens is 1. The van der Waals surface area contributed by atoms with Gasteiger partial charge in [0.2, 0.25) is 0 Å². The highest BCUT2D eigenvalue weighted by molar-refractivity contribution is 5.73. The molecule has 0 radical (unpaired) electrons. The van der Waals surface area contributed by atoms with Gasteiger partial charge in [-0.05, 0) is 36.2 Å². The number of urea groups is 1. The van der Waals surface area contributed by atoms with E-state index in [-0.39, 0.29) is 6.03 Å².